The lowest BCUT2D eigenvalue weighted by Gasteiger charge is -2.19. The molecular formula is C15H15NO4. The Morgan fingerprint density at radius 1 is 1.00 bits per heavy atom. The van der Waals surface area contributed by atoms with Crippen LogP contribution in [0.1, 0.15) is 36.0 Å². The lowest BCUT2D eigenvalue weighted by molar-refractivity contribution is -0.122. The molecule has 0 bridgehead atoms. The van der Waals surface area contributed by atoms with E-state index < -0.39 is 5.97 Å². The average molecular weight is 273 g/mol. The minimum Gasteiger partial charge on any atom is -0.478 e. The highest BCUT2D eigenvalue weighted by Crippen LogP contribution is 2.39. The summed E-state index contributed by atoms with van der Waals surface area (Å²) in [5, 5.41) is 8.87. The Hall–Kier alpha value is -2.17. The number of nitrogens with zero attached hydrogens (tertiary/aromatic N) is 1. The van der Waals surface area contributed by atoms with Crippen LogP contribution in [0, 0.1) is 11.8 Å². The number of fused-ring (bicyclic) bond motifs is 1. The summed E-state index contributed by atoms with van der Waals surface area (Å²) in [4.78, 5) is 36.8. The van der Waals surface area contributed by atoms with E-state index in [1.807, 2.05) is 0 Å². The standard InChI is InChI=1S/C15H15NO4/c17-13-11-3-1-2-4-12(11)14(18)16(13)10-7-5-9(6-8-10)15(19)20/h5-8,11-12H,1-4H2,(H,19,20). The van der Waals surface area contributed by atoms with Crippen LogP contribution in [0.25, 0.3) is 0 Å². The van der Waals surface area contributed by atoms with Gasteiger partial charge in [0, 0.05) is 0 Å². The van der Waals surface area contributed by atoms with Crippen molar-refractivity contribution in [3.05, 3.63) is 29.8 Å². The van der Waals surface area contributed by atoms with Crippen molar-refractivity contribution in [3.8, 4) is 0 Å². The first-order valence-electron chi connectivity index (χ1n) is 6.81. The first-order valence-corrected chi connectivity index (χ1v) is 6.81. The first kappa shape index (κ1) is 12.8. The predicted molar refractivity (Wildman–Crippen MR) is 71.3 cm³/mol. The van der Waals surface area contributed by atoms with Crippen molar-refractivity contribution in [2.75, 3.05) is 4.90 Å². The van der Waals surface area contributed by atoms with Crippen LogP contribution in [0.2, 0.25) is 0 Å². The number of carbonyl (C=O) groups is 3. The zero-order valence-corrected chi connectivity index (χ0v) is 10.9. The number of carboxylic acid groups (broad SMARTS) is 1. The van der Waals surface area contributed by atoms with Crippen LogP contribution in [0.15, 0.2) is 24.3 Å². The molecule has 0 spiro atoms. The third-order valence-electron chi connectivity index (χ3n) is 4.21. The van der Waals surface area contributed by atoms with Gasteiger partial charge < -0.3 is 5.11 Å². The van der Waals surface area contributed by atoms with Crippen LogP contribution in [0.3, 0.4) is 0 Å². The summed E-state index contributed by atoms with van der Waals surface area (Å²) >= 11 is 0. The molecule has 1 heterocycles. The van der Waals surface area contributed by atoms with Crippen molar-refractivity contribution in [3.63, 3.8) is 0 Å². The minimum atomic E-state index is -1.02. The molecular weight excluding hydrogens is 258 g/mol. The fraction of sp³-hybridized carbons (Fsp3) is 0.400. The first-order chi connectivity index (χ1) is 9.59. The lowest BCUT2D eigenvalue weighted by Crippen LogP contribution is -2.30. The van der Waals surface area contributed by atoms with Crippen LogP contribution in [0.4, 0.5) is 5.69 Å². The molecule has 2 atom stereocenters. The second kappa shape index (κ2) is 4.74. The zero-order chi connectivity index (χ0) is 14.3. The molecule has 2 fully saturated rings. The number of benzene rings is 1. The quantitative estimate of drug-likeness (QED) is 0.837. The Morgan fingerprint density at radius 3 is 1.95 bits per heavy atom. The third kappa shape index (κ3) is 1.90. The van der Waals surface area contributed by atoms with Gasteiger partial charge in [0.25, 0.3) is 0 Å². The molecule has 104 valence electrons. The van der Waals surface area contributed by atoms with Gasteiger partial charge in [0.15, 0.2) is 0 Å². The highest BCUT2D eigenvalue weighted by molar-refractivity contribution is 6.22. The molecule has 5 heteroatoms. The molecule has 0 radical (unpaired) electrons. The zero-order valence-electron chi connectivity index (χ0n) is 10.9. The van der Waals surface area contributed by atoms with Gasteiger partial charge in [-0.15, -0.1) is 0 Å². The van der Waals surface area contributed by atoms with E-state index in [0.717, 1.165) is 25.7 Å². The van der Waals surface area contributed by atoms with Crippen molar-refractivity contribution >= 4 is 23.5 Å². The number of imide groups is 1. The van der Waals surface area contributed by atoms with Gasteiger partial charge >= 0.3 is 5.97 Å². The number of rotatable bonds is 2. The topological polar surface area (TPSA) is 74.7 Å². The van der Waals surface area contributed by atoms with E-state index in [1.54, 1.807) is 0 Å². The van der Waals surface area contributed by atoms with Crippen molar-refractivity contribution in [1.82, 2.24) is 0 Å². The molecule has 5 nitrogen and oxygen atoms in total. The van der Waals surface area contributed by atoms with Crippen LogP contribution in [-0.4, -0.2) is 22.9 Å². The van der Waals surface area contributed by atoms with Crippen LogP contribution >= 0.6 is 0 Å². The van der Waals surface area contributed by atoms with E-state index >= 15 is 0 Å². The number of carbonyl (C=O) groups excluding carboxylic acids is 2. The smallest absolute Gasteiger partial charge is 0.335 e. The number of carboxylic acids is 1. The summed E-state index contributed by atoms with van der Waals surface area (Å²) < 4.78 is 0. The summed E-state index contributed by atoms with van der Waals surface area (Å²) in [6.45, 7) is 0. The van der Waals surface area contributed by atoms with Gasteiger partial charge in [-0.3, -0.25) is 14.5 Å². The summed E-state index contributed by atoms with van der Waals surface area (Å²) in [6, 6.07) is 5.88. The predicted octanol–water partition coefficient (Wildman–Crippen LogP) is 2.06. The van der Waals surface area contributed by atoms with E-state index in [1.165, 1.54) is 29.2 Å². The van der Waals surface area contributed by atoms with Crippen molar-refractivity contribution in [2.24, 2.45) is 11.8 Å². The number of anilines is 1. The maximum Gasteiger partial charge on any atom is 0.335 e. The van der Waals surface area contributed by atoms with Crippen LogP contribution < -0.4 is 4.90 Å². The van der Waals surface area contributed by atoms with Crippen molar-refractivity contribution < 1.29 is 19.5 Å². The monoisotopic (exact) mass is 273 g/mol. The Morgan fingerprint density at radius 2 is 1.50 bits per heavy atom. The molecule has 1 saturated heterocycles. The maximum absolute atomic E-state index is 12.4. The second-order valence-electron chi connectivity index (χ2n) is 5.36. The molecule has 1 saturated carbocycles. The van der Waals surface area contributed by atoms with Gasteiger partial charge in [-0.05, 0) is 37.1 Å². The summed E-state index contributed by atoms with van der Waals surface area (Å²) in [7, 11) is 0. The van der Waals surface area contributed by atoms with Gasteiger partial charge in [0.1, 0.15) is 0 Å². The van der Waals surface area contributed by atoms with Crippen molar-refractivity contribution in [2.45, 2.75) is 25.7 Å². The van der Waals surface area contributed by atoms with E-state index in [-0.39, 0.29) is 29.2 Å². The molecule has 1 aliphatic carbocycles. The van der Waals surface area contributed by atoms with Gasteiger partial charge in [-0.2, -0.15) is 0 Å². The Labute approximate surface area is 116 Å². The minimum absolute atomic E-state index is 0.136. The molecule has 1 aliphatic heterocycles. The van der Waals surface area contributed by atoms with E-state index in [2.05, 4.69) is 0 Å². The summed E-state index contributed by atoms with van der Waals surface area (Å²) in [6.07, 6.45) is 3.54. The molecule has 1 aromatic carbocycles. The molecule has 0 aromatic heterocycles. The highest BCUT2D eigenvalue weighted by Gasteiger charge is 2.48. The molecule has 1 N–H and O–H groups in total. The highest BCUT2D eigenvalue weighted by atomic mass is 16.4. The number of hydrogen-bond donors (Lipinski definition) is 1. The fourth-order valence-corrected chi connectivity index (χ4v) is 3.17. The van der Waals surface area contributed by atoms with Gasteiger partial charge in [-0.25, -0.2) is 4.79 Å². The number of amides is 2. The van der Waals surface area contributed by atoms with Gasteiger partial charge in [-0.1, -0.05) is 12.8 Å². The van der Waals surface area contributed by atoms with Crippen molar-refractivity contribution in [1.29, 1.82) is 0 Å². The lowest BCUT2D eigenvalue weighted by atomic mass is 9.81. The number of aromatic carboxylic acids is 1. The third-order valence-corrected chi connectivity index (χ3v) is 4.21. The molecule has 20 heavy (non-hydrogen) atoms. The van der Waals surface area contributed by atoms with Gasteiger partial charge in [0.2, 0.25) is 11.8 Å². The van der Waals surface area contributed by atoms with E-state index in [0.29, 0.717) is 5.69 Å². The maximum atomic E-state index is 12.4. The van der Waals surface area contributed by atoms with Crippen LogP contribution in [0.5, 0.6) is 0 Å². The summed E-state index contributed by atoms with van der Waals surface area (Å²) in [5.41, 5.74) is 0.615. The Balaban J connectivity index is 1.91. The molecule has 2 aliphatic rings. The largest absolute Gasteiger partial charge is 0.478 e. The fourth-order valence-electron chi connectivity index (χ4n) is 3.17. The average Bonchev–Trinajstić information content (AvgIpc) is 2.72. The van der Waals surface area contributed by atoms with Gasteiger partial charge in [0.05, 0.1) is 23.1 Å². The van der Waals surface area contributed by atoms with E-state index in [9.17, 15) is 14.4 Å². The molecule has 2 amide bonds. The Kier molecular flexibility index (Phi) is 3.04. The normalized spacial score (nSPS) is 25.7. The Bertz CT molecular complexity index is 554. The molecule has 2 unspecified atom stereocenters. The molecule has 1 aromatic rings. The molecule has 3 rings (SSSR count). The van der Waals surface area contributed by atoms with E-state index in [4.69, 9.17) is 5.11 Å². The SMILES string of the molecule is O=C(O)c1ccc(N2C(=O)C3CCCCC3C2=O)cc1. The second-order valence-corrected chi connectivity index (χ2v) is 5.36. The number of hydrogen-bond acceptors (Lipinski definition) is 3. The van der Waals surface area contributed by atoms with Crippen LogP contribution in [-0.2, 0) is 9.59 Å². The summed E-state index contributed by atoms with van der Waals surface area (Å²) in [5.74, 6) is -1.67.